The molecule has 2 aromatic carbocycles. The highest BCUT2D eigenvalue weighted by molar-refractivity contribution is 6.30. The van der Waals surface area contributed by atoms with Crippen molar-refractivity contribution in [3.05, 3.63) is 66.1 Å². The van der Waals surface area contributed by atoms with Crippen molar-refractivity contribution in [1.29, 1.82) is 0 Å². The molecule has 134 valence electrons. The van der Waals surface area contributed by atoms with E-state index >= 15 is 0 Å². The molecule has 4 aromatic rings. The Bertz CT molecular complexity index is 1120. The fourth-order valence-electron chi connectivity index (χ4n) is 2.70. The summed E-state index contributed by atoms with van der Waals surface area (Å²) in [5.74, 6) is 0.354. The Labute approximate surface area is 159 Å². The van der Waals surface area contributed by atoms with Gasteiger partial charge in [0.25, 0.3) is 0 Å². The molecular formula is C19H14ClN5O2. The zero-order chi connectivity index (χ0) is 18.8. The summed E-state index contributed by atoms with van der Waals surface area (Å²) in [7, 11) is 0. The van der Waals surface area contributed by atoms with Crippen LogP contribution < -0.4 is 16.4 Å². The molecule has 27 heavy (non-hydrogen) atoms. The van der Waals surface area contributed by atoms with Crippen LogP contribution in [0.25, 0.3) is 22.2 Å². The summed E-state index contributed by atoms with van der Waals surface area (Å²) in [6.45, 7) is 0. The number of nitrogen functional groups attached to an aromatic ring is 1. The van der Waals surface area contributed by atoms with Crippen molar-refractivity contribution in [2.24, 2.45) is 0 Å². The molecule has 0 unspecified atom stereocenters. The molecule has 0 aliphatic carbocycles. The van der Waals surface area contributed by atoms with Gasteiger partial charge in [0, 0.05) is 22.0 Å². The Morgan fingerprint density at radius 2 is 1.81 bits per heavy atom. The minimum absolute atomic E-state index is 0.354. The van der Waals surface area contributed by atoms with E-state index < -0.39 is 0 Å². The molecule has 0 saturated heterocycles. The lowest BCUT2D eigenvalue weighted by molar-refractivity contribution is 0.262. The maximum absolute atomic E-state index is 12.1. The molecule has 8 heteroatoms. The number of carbonyl (C=O) groups excluding carboxylic acids is 1. The summed E-state index contributed by atoms with van der Waals surface area (Å²) in [6.07, 6.45) is 2.94. The van der Waals surface area contributed by atoms with Crippen LogP contribution in [0.1, 0.15) is 0 Å². The second-order valence-corrected chi connectivity index (χ2v) is 6.19. The number of halogens is 1. The van der Waals surface area contributed by atoms with Gasteiger partial charge in [-0.2, -0.15) is 0 Å². The van der Waals surface area contributed by atoms with Crippen molar-refractivity contribution >= 4 is 45.9 Å². The maximum atomic E-state index is 12.1. The number of rotatable bonds is 3. The predicted molar refractivity (Wildman–Crippen MR) is 106 cm³/mol. The maximum Gasteiger partial charge on any atom is 0.323 e. The van der Waals surface area contributed by atoms with E-state index in [4.69, 9.17) is 21.8 Å². The highest BCUT2D eigenvalue weighted by atomic mass is 35.5. The summed E-state index contributed by atoms with van der Waals surface area (Å²) < 4.78 is 5.43. The molecular weight excluding hydrogens is 366 g/mol. The van der Waals surface area contributed by atoms with Gasteiger partial charge in [0.15, 0.2) is 0 Å². The smallest absolute Gasteiger partial charge is 0.323 e. The van der Waals surface area contributed by atoms with Gasteiger partial charge in [-0.1, -0.05) is 29.8 Å². The minimum atomic E-state index is -0.364. The second-order valence-electron chi connectivity index (χ2n) is 5.76. The molecule has 2 aromatic heterocycles. The van der Waals surface area contributed by atoms with Crippen LogP contribution in [0, 0.1) is 0 Å². The molecule has 0 fully saturated rings. The molecule has 0 radical (unpaired) electrons. The molecule has 2 heterocycles. The number of anilines is 3. The average Bonchev–Trinajstić information content (AvgIpc) is 3.08. The third kappa shape index (κ3) is 3.54. The monoisotopic (exact) mass is 379 g/mol. The number of urea groups is 1. The van der Waals surface area contributed by atoms with Crippen LogP contribution in [0.2, 0.25) is 5.02 Å². The fourth-order valence-corrected chi connectivity index (χ4v) is 2.89. The molecule has 0 aliphatic heterocycles. The van der Waals surface area contributed by atoms with Crippen molar-refractivity contribution in [2.45, 2.75) is 0 Å². The van der Waals surface area contributed by atoms with Crippen molar-refractivity contribution in [3.8, 4) is 11.1 Å². The summed E-state index contributed by atoms with van der Waals surface area (Å²) in [5.41, 5.74) is 9.27. The van der Waals surface area contributed by atoms with E-state index in [1.807, 2.05) is 12.1 Å². The van der Waals surface area contributed by atoms with E-state index in [9.17, 15) is 4.79 Å². The standard InChI is InChI=1S/C19H14ClN5O2/c20-12-2-1-3-14(8-12)25-19(26)24-13-6-4-11(5-7-13)15-9-27-18-16(15)17(21)22-10-23-18/h1-10H,(H2,21,22,23)(H2,24,25,26). The number of furan rings is 1. The summed E-state index contributed by atoms with van der Waals surface area (Å²) in [5, 5.41) is 6.70. The number of nitrogens with two attached hydrogens (primary N) is 1. The Morgan fingerprint density at radius 1 is 1.04 bits per heavy atom. The highest BCUT2D eigenvalue weighted by Crippen LogP contribution is 2.32. The average molecular weight is 380 g/mol. The van der Waals surface area contributed by atoms with Gasteiger partial charge in [-0.05, 0) is 35.9 Å². The molecule has 0 saturated carbocycles. The van der Waals surface area contributed by atoms with Gasteiger partial charge >= 0.3 is 6.03 Å². The lowest BCUT2D eigenvalue weighted by Gasteiger charge is -2.08. The highest BCUT2D eigenvalue weighted by Gasteiger charge is 2.13. The SMILES string of the molecule is Nc1ncnc2occ(-c3ccc(NC(=O)Nc4cccc(Cl)c4)cc3)c12. The lowest BCUT2D eigenvalue weighted by atomic mass is 10.1. The first-order valence-electron chi connectivity index (χ1n) is 8.02. The third-order valence-electron chi connectivity index (χ3n) is 3.94. The Kier molecular flexibility index (Phi) is 4.35. The van der Waals surface area contributed by atoms with Crippen LogP contribution >= 0.6 is 11.6 Å². The van der Waals surface area contributed by atoms with Gasteiger partial charge < -0.3 is 20.8 Å². The van der Waals surface area contributed by atoms with Gasteiger partial charge in [-0.15, -0.1) is 0 Å². The predicted octanol–water partition coefficient (Wildman–Crippen LogP) is 4.77. The van der Waals surface area contributed by atoms with Gasteiger partial charge in [-0.3, -0.25) is 0 Å². The number of benzene rings is 2. The summed E-state index contributed by atoms with van der Waals surface area (Å²) in [4.78, 5) is 20.2. The van der Waals surface area contributed by atoms with Crippen LogP contribution in [0.3, 0.4) is 0 Å². The first-order chi connectivity index (χ1) is 13.1. The number of aromatic nitrogens is 2. The first kappa shape index (κ1) is 16.9. The van der Waals surface area contributed by atoms with Gasteiger partial charge in [-0.25, -0.2) is 14.8 Å². The van der Waals surface area contributed by atoms with Crippen LogP contribution in [0.15, 0.2) is 65.5 Å². The zero-order valence-electron chi connectivity index (χ0n) is 13.9. The molecule has 2 amide bonds. The van der Waals surface area contributed by atoms with E-state index in [1.54, 1.807) is 42.7 Å². The van der Waals surface area contributed by atoms with Gasteiger partial charge in [0.1, 0.15) is 18.4 Å². The zero-order valence-corrected chi connectivity index (χ0v) is 14.7. The Hall–Kier alpha value is -3.58. The fraction of sp³-hybridized carbons (Fsp3) is 0. The molecule has 0 aliphatic rings. The van der Waals surface area contributed by atoms with Crippen LogP contribution in [-0.2, 0) is 0 Å². The van der Waals surface area contributed by atoms with Crippen molar-refractivity contribution < 1.29 is 9.21 Å². The molecule has 4 N–H and O–H groups in total. The van der Waals surface area contributed by atoms with Crippen molar-refractivity contribution in [1.82, 2.24) is 9.97 Å². The third-order valence-corrected chi connectivity index (χ3v) is 4.17. The van der Waals surface area contributed by atoms with Crippen molar-refractivity contribution in [2.75, 3.05) is 16.4 Å². The number of hydrogen-bond acceptors (Lipinski definition) is 5. The number of amides is 2. The molecule has 0 atom stereocenters. The number of hydrogen-bond donors (Lipinski definition) is 3. The van der Waals surface area contributed by atoms with Crippen molar-refractivity contribution in [3.63, 3.8) is 0 Å². The molecule has 0 spiro atoms. The van der Waals surface area contributed by atoms with E-state index in [0.29, 0.717) is 33.3 Å². The normalized spacial score (nSPS) is 10.7. The molecule has 7 nitrogen and oxygen atoms in total. The number of nitrogens with zero attached hydrogens (tertiary/aromatic N) is 2. The number of fused-ring (bicyclic) bond motifs is 1. The van der Waals surface area contributed by atoms with Gasteiger partial charge in [0.2, 0.25) is 5.71 Å². The van der Waals surface area contributed by atoms with Crippen LogP contribution in [0.4, 0.5) is 22.0 Å². The Morgan fingerprint density at radius 3 is 2.59 bits per heavy atom. The number of nitrogens with one attached hydrogen (secondary N) is 2. The van der Waals surface area contributed by atoms with E-state index in [2.05, 4.69) is 20.6 Å². The van der Waals surface area contributed by atoms with E-state index in [0.717, 1.165) is 11.1 Å². The first-order valence-corrected chi connectivity index (χ1v) is 8.39. The molecule has 4 rings (SSSR count). The van der Waals surface area contributed by atoms with Crippen LogP contribution in [0.5, 0.6) is 0 Å². The topological polar surface area (TPSA) is 106 Å². The van der Waals surface area contributed by atoms with Crippen LogP contribution in [-0.4, -0.2) is 16.0 Å². The largest absolute Gasteiger partial charge is 0.445 e. The van der Waals surface area contributed by atoms with E-state index in [-0.39, 0.29) is 6.03 Å². The lowest BCUT2D eigenvalue weighted by Crippen LogP contribution is -2.19. The minimum Gasteiger partial charge on any atom is -0.445 e. The quantitative estimate of drug-likeness (QED) is 0.475. The Balaban J connectivity index is 1.51. The summed E-state index contributed by atoms with van der Waals surface area (Å²) in [6, 6.07) is 13.8. The molecule has 0 bridgehead atoms. The second kappa shape index (κ2) is 6.97. The van der Waals surface area contributed by atoms with E-state index in [1.165, 1.54) is 6.33 Å². The summed E-state index contributed by atoms with van der Waals surface area (Å²) >= 11 is 5.91. The van der Waals surface area contributed by atoms with Gasteiger partial charge in [0.05, 0.1) is 5.39 Å². The number of carbonyl (C=O) groups is 1.